The minimum Gasteiger partial charge on any atom is -0.355 e. The molecule has 0 spiro atoms. The standard InChI is InChI=1S/C11H14ClN3O5S/c1-3-13-11(16)7-14(2)21(19,20)8-4-5-9(12)10(6-8)15(17)18/h4-6H,3,7H2,1-2H3,(H,13,16). The summed E-state index contributed by atoms with van der Waals surface area (Å²) >= 11 is 5.63. The maximum absolute atomic E-state index is 12.2. The third-order valence-electron chi connectivity index (χ3n) is 2.56. The zero-order chi connectivity index (χ0) is 16.2. The van der Waals surface area contributed by atoms with Crippen molar-refractivity contribution in [3.63, 3.8) is 0 Å². The molecule has 1 amide bonds. The first-order chi connectivity index (χ1) is 9.70. The van der Waals surface area contributed by atoms with Gasteiger partial charge in [0.15, 0.2) is 0 Å². The molecule has 0 atom stereocenters. The number of nitrogens with one attached hydrogen (secondary N) is 1. The Kier molecular flexibility index (Phi) is 5.64. The summed E-state index contributed by atoms with van der Waals surface area (Å²) in [7, 11) is -2.80. The summed E-state index contributed by atoms with van der Waals surface area (Å²) < 4.78 is 25.3. The molecule has 1 rings (SSSR count). The number of halogens is 1. The summed E-state index contributed by atoms with van der Waals surface area (Å²) in [6.45, 7) is 1.70. The van der Waals surface area contributed by atoms with E-state index in [-0.39, 0.29) is 16.5 Å². The average molecular weight is 336 g/mol. The topological polar surface area (TPSA) is 110 Å². The number of hydrogen-bond donors (Lipinski definition) is 1. The fourth-order valence-electron chi connectivity index (χ4n) is 1.51. The van der Waals surface area contributed by atoms with Crippen LogP contribution in [0.25, 0.3) is 0 Å². The number of rotatable bonds is 6. The zero-order valence-electron chi connectivity index (χ0n) is 11.4. The maximum atomic E-state index is 12.2. The molecule has 0 unspecified atom stereocenters. The van der Waals surface area contributed by atoms with Gasteiger partial charge in [0.1, 0.15) is 5.02 Å². The van der Waals surface area contributed by atoms with Gasteiger partial charge in [-0.25, -0.2) is 8.42 Å². The van der Waals surface area contributed by atoms with Gasteiger partial charge in [0, 0.05) is 19.7 Å². The van der Waals surface area contributed by atoms with Crippen LogP contribution in [-0.2, 0) is 14.8 Å². The molecule has 0 saturated heterocycles. The number of amides is 1. The third kappa shape index (κ3) is 4.13. The van der Waals surface area contributed by atoms with Crippen LogP contribution in [0.5, 0.6) is 0 Å². The number of carbonyl (C=O) groups is 1. The average Bonchev–Trinajstić information content (AvgIpc) is 2.38. The first kappa shape index (κ1) is 17.3. The number of hydrogen-bond acceptors (Lipinski definition) is 5. The van der Waals surface area contributed by atoms with Gasteiger partial charge in [0.2, 0.25) is 15.9 Å². The van der Waals surface area contributed by atoms with Crippen molar-refractivity contribution in [1.29, 1.82) is 0 Å². The number of nitrogens with zero attached hydrogens (tertiary/aromatic N) is 2. The van der Waals surface area contributed by atoms with Crippen molar-refractivity contribution < 1.29 is 18.1 Å². The smallest absolute Gasteiger partial charge is 0.289 e. The van der Waals surface area contributed by atoms with E-state index in [9.17, 15) is 23.3 Å². The lowest BCUT2D eigenvalue weighted by atomic mass is 10.3. The molecular weight excluding hydrogens is 322 g/mol. The molecule has 0 radical (unpaired) electrons. The number of nitro benzene ring substituents is 1. The second-order valence-corrected chi connectivity index (χ2v) is 6.54. The Labute approximate surface area is 126 Å². The molecule has 0 saturated carbocycles. The molecule has 0 aromatic heterocycles. The molecule has 0 aliphatic carbocycles. The van der Waals surface area contributed by atoms with E-state index in [1.165, 1.54) is 7.05 Å². The molecule has 0 bridgehead atoms. The van der Waals surface area contributed by atoms with E-state index in [4.69, 9.17) is 11.6 Å². The quantitative estimate of drug-likeness (QED) is 0.616. The van der Waals surface area contributed by atoms with E-state index < -0.39 is 26.5 Å². The summed E-state index contributed by atoms with van der Waals surface area (Å²) in [6, 6.07) is 3.15. The van der Waals surface area contributed by atoms with Gasteiger partial charge in [-0.05, 0) is 19.1 Å². The minimum atomic E-state index is -4.02. The second kappa shape index (κ2) is 6.83. The van der Waals surface area contributed by atoms with Crippen molar-refractivity contribution in [3.05, 3.63) is 33.3 Å². The van der Waals surface area contributed by atoms with Gasteiger partial charge in [-0.3, -0.25) is 14.9 Å². The molecule has 1 aromatic carbocycles. The number of likely N-dealkylation sites (N-methyl/N-ethyl adjacent to an activating group) is 2. The van der Waals surface area contributed by atoms with Gasteiger partial charge in [0.05, 0.1) is 16.4 Å². The fourth-order valence-corrected chi connectivity index (χ4v) is 2.85. The third-order valence-corrected chi connectivity index (χ3v) is 4.68. The molecule has 0 fully saturated rings. The van der Waals surface area contributed by atoms with Gasteiger partial charge in [0.25, 0.3) is 5.69 Å². The molecule has 1 N–H and O–H groups in total. The van der Waals surface area contributed by atoms with Crippen molar-refractivity contribution in [2.45, 2.75) is 11.8 Å². The van der Waals surface area contributed by atoms with Gasteiger partial charge in [-0.15, -0.1) is 0 Å². The summed E-state index contributed by atoms with van der Waals surface area (Å²) in [6.07, 6.45) is 0. The predicted octanol–water partition coefficient (Wildman–Crippen LogP) is 1.00. The summed E-state index contributed by atoms with van der Waals surface area (Å²) in [4.78, 5) is 21.1. The minimum absolute atomic E-state index is 0.162. The van der Waals surface area contributed by atoms with E-state index in [1.807, 2.05) is 0 Å². The van der Waals surface area contributed by atoms with Crippen LogP contribution in [0.1, 0.15) is 6.92 Å². The highest BCUT2D eigenvalue weighted by atomic mass is 35.5. The second-order valence-electron chi connectivity index (χ2n) is 4.08. The number of benzene rings is 1. The van der Waals surface area contributed by atoms with Crippen LogP contribution in [0.4, 0.5) is 5.69 Å². The van der Waals surface area contributed by atoms with Gasteiger partial charge >= 0.3 is 0 Å². The van der Waals surface area contributed by atoms with Crippen molar-refractivity contribution in [1.82, 2.24) is 9.62 Å². The molecule has 0 aliphatic rings. The molecule has 1 aromatic rings. The maximum Gasteiger partial charge on any atom is 0.289 e. The Balaban J connectivity index is 3.10. The molecule has 10 heteroatoms. The summed E-state index contributed by atoms with van der Waals surface area (Å²) in [5, 5.41) is 13.1. The highest BCUT2D eigenvalue weighted by Crippen LogP contribution is 2.28. The lowest BCUT2D eigenvalue weighted by molar-refractivity contribution is -0.384. The molecular formula is C11H14ClN3O5S. The van der Waals surface area contributed by atoms with Crippen molar-refractivity contribution in [2.24, 2.45) is 0 Å². The van der Waals surface area contributed by atoms with Crippen LogP contribution >= 0.6 is 11.6 Å². The highest BCUT2D eigenvalue weighted by molar-refractivity contribution is 7.89. The monoisotopic (exact) mass is 335 g/mol. The highest BCUT2D eigenvalue weighted by Gasteiger charge is 2.25. The fraction of sp³-hybridized carbons (Fsp3) is 0.364. The Bertz CT molecular complexity index is 662. The Morgan fingerprint density at radius 1 is 1.48 bits per heavy atom. The molecule has 0 aliphatic heterocycles. The van der Waals surface area contributed by atoms with Crippen LogP contribution in [0.3, 0.4) is 0 Å². The molecule has 21 heavy (non-hydrogen) atoms. The molecule has 8 nitrogen and oxygen atoms in total. The van der Waals surface area contributed by atoms with Gasteiger partial charge < -0.3 is 5.32 Å². The van der Waals surface area contributed by atoms with Crippen LogP contribution in [0.2, 0.25) is 5.02 Å². The van der Waals surface area contributed by atoms with Crippen LogP contribution < -0.4 is 5.32 Å². The summed E-state index contributed by atoms with van der Waals surface area (Å²) in [5.74, 6) is -0.466. The lowest BCUT2D eigenvalue weighted by Crippen LogP contribution is -2.38. The molecule has 116 valence electrons. The largest absolute Gasteiger partial charge is 0.355 e. The predicted molar refractivity (Wildman–Crippen MR) is 76.6 cm³/mol. The van der Waals surface area contributed by atoms with E-state index in [0.29, 0.717) is 6.54 Å². The first-order valence-corrected chi connectivity index (χ1v) is 7.69. The summed E-state index contributed by atoms with van der Waals surface area (Å²) in [5.41, 5.74) is -0.510. The van der Waals surface area contributed by atoms with Gasteiger partial charge in [-0.1, -0.05) is 11.6 Å². The zero-order valence-corrected chi connectivity index (χ0v) is 12.9. The van der Waals surface area contributed by atoms with E-state index in [0.717, 1.165) is 22.5 Å². The SMILES string of the molecule is CCNC(=O)CN(C)S(=O)(=O)c1ccc(Cl)c([N+](=O)[O-])c1. The van der Waals surface area contributed by atoms with E-state index in [2.05, 4.69) is 5.32 Å². The van der Waals surface area contributed by atoms with Crippen molar-refractivity contribution in [2.75, 3.05) is 20.1 Å². The number of sulfonamides is 1. The van der Waals surface area contributed by atoms with Gasteiger partial charge in [-0.2, -0.15) is 4.31 Å². The first-order valence-electron chi connectivity index (χ1n) is 5.87. The van der Waals surface area contributed by atoms with E-state index in [1.54, 1.807) is 6.92 Å². The van der Waals surface area contributed by atoms with Crippen LogP contribution in [-0.4, -0.2) is 43.7 Å². The number of carbonyl (C=O) groups excluding carboxylic acids is 1. The van der Waals surface area contributed by atoms with Crippen LogP contribution in [0, 0.1) is 10.1 Å². The normalized spacial score (nSPS) is 11.4. The molecule has 0 heterocycles. The Morgan fingerprint density at radius 3 is 2.62 bits per heavy atom. The van der Waals surface area contributed by atoms with Crippen molar-refractivity contribution >= 4 is 33.2 Å². The lowest BCUT2D eigenvalue weighted by Gasteiger charge is -2.16. The Hall–Kier alpha value is -1.71. The van der Waals surface area contributed by atoms with E-state index >= 15 is 0 Å². The Morgan fingerprint density at radius 2 is 2.10 bits per heavy atom. The number of nitro groups is 1. The van der Waals surface area contributed by atoms with Crippen LogP contribution in [0.15, 0.2) is 23.1 Å². The van der Waals surface area contributed by atoms with Crippen molar-refractivity contribution in [3.8, 4) is 0 Å².